The van der Waals surface area contributed by atoms with Gasteiger partial charge in [0.05, 0.1) is 5.41 Å². The highest BCUT2D eigenvalue weighted by Gasteiger charge is 2.52. The van der Waals surface area contributed by atoms with E-state index < -0.39 is 5.41 Å². The summed E-state index contributed by atoms with van der Waals surface area (Å²) in [5.41, 5.74) is 13.5. The van der Waals surface area contributed by atoms with Crippen molar-refractivity contribution < 1.29 is 4.74 Å². The molecule has 0 saturated carbocycles. The van der Waals surface area contributed by atoms with Crippen LogP contribution in [0.1, 0.15) is 22.3 Å². The molecule has 4 nitrogen and oxygen atoms in total. The molecule has 1 aliphatic heterocycles. The Morgan fingerprint density at radius 2 is 0.828 bits per heavy atom. The summed E-state index contributed by atoms with van der Waals surface area (Å²) in [6, 6.07) is 79.8. The molecule has 0 amide bonds. The summed E-state index contributed by atoms with van der Waals surface area (Å²) in [5.74, 6) is 3.55. The number of hydrogen-bond acceptors (Lipinski definition) is 4. The second kappa shape index (κ2) is 14.3. The average molecular weight is 816 g/mol. The first-order valence-corrected chi connectivity index (χ1v) is 21.8. The van der Waals surface area contributed by atoms with E-state index in [0.29, 0.717) is 17.5 Å². The van der Waals surface area contributed by atoms with Gasteiger partial charge in [0.1, 0.15) is 11.5 Å². The second-order valence-electron chi connectivity index (χ2n) is 16.7. The Hall–Kier alpha value is -8.47. The standard InChI is InChI=1S/C60H37N3O/c1-3-15-38(16-4-1)42-20-13-21-45(35-42)58-61-57(41-18-5-2-6-19-41)62-59(63-58)47-23-14-26-53-56(47)49-37-44(43-32-31-40-30-29-39-17-7-8-22-46(39)48(40)36-43)33-34-50(49)60(53)51-24-9-11-27-54(51)64-55-28-12-10-25-52(55)60/h1-37H. The Morgan fingerprint density at radius 3 is 1.61 bits per heavy atom. The third-order valence-corrected chi connectivity index (χ3v) is 13.2. The van der Waals surface area contributed by atoms with Gasteiger partial charge in [-0.05, 0) is 96.4 Å². The van der Waals surface area contributed by atoms with Gasteiger partial charge in [0.15, 0.2) is 17.5 Å². The minimum atomic E-state index is -0.674. The highest BCUT2D eigenvalue weighted by Crippen LogP contribution is 2.63. The van der Waals surface area contributed by atoms with Gasteiger partial charge in [-0.3, -0.25) is 0 Å². The molecule has 0 saturated heterocycles. The zero-order chi connectivity index (χ0) is 42.2. The summed E-state index contributed by atoms with van der Waals surface area (Å²) >= 11 is 0. The Kier molecular flexibility index (Phi) is 8.09. The van der Waals surface area contributed by atoms with Crippen molar-refractivity contribution in [1.82, 2.24) is 15.0 Å². The van der Waals surface area contributed by atoms with E-state index in [4.69, 9.17) is 19.7 Å². The van der Waals surface area contributed by atoms with E-state index in [1.165, 1.54) is 32.7 Å². The summed E-state index contributed by atoms with van der Waals surface area (Å²) in [6.45, 7) is 0. The van der Waals surface area contributed by atoms with E-state index in [-0.39, 0.29) is 0 Å². The van der Waals surface area contributed by atoms with Gasteiger partial charge in [-0.1, -0.05) is 194 Å². The molecule has 10 aromatic carbocycles. The van der Waals surface area contributed by atoms with E-state index in [9.17, 15) is 0 Å². The summed E-state index contributed by atoms with van der Waals surface area (Å²) in [7, 11) is 0. The van der Waals surface area contributed by atoms with Crippen LogP contribution in [0.5, 0.6) is 11.5 Å². The number of benzene rings is 10. The molecule has 2 heterocycles. The van der Waals surface area contributed by atoms with Gasteiger partial charge in [-0.2, -0.15) is 0 Å². The molecule has 0 fully saturated rings. The molecule has 1 spiro atoms. The SMILES string of the molecule is c1ccc(-c2cccc(-c3nc(-c4ccccc4)nc(-c4cccc5c4-c4cc(-c6ccc7ccc8ccccc8c7c6)ccc4C54c5ccccc5Oc5ccccc54)n3)c2)cc1. The number of fused-ring (bicyclic) bond motifs is 12. The minimum absolute atomic E-state index is 0.616. The molecule has 64 heavy (non-hydrogen) atoms. The van der Waals surface area contributed by atoms with Gasteiger partial charge < -0.3 is 4.74 Å². The first kappa shape index (κ1) is 36.2. The molecular weight excluding hydrogens is 779 g/mol. The lowest BCUT2D eigenvalue weighted by molar-refractivity contribution is 0.436. The molecule has 13 rings (SSSR count). The first-order chi connectivity index (χ1) is 31.7. The summed E-state index contributed by atoms with van der Waals surface area (Å²) < 4.78 is 6.72. The van der Waals surface area contributed by atoms with Crippen molar-refractivity contribution in [1.29, 1.82) is 0 Å². The van der Waals surface area contributed by atoms with Crippen molar-refractivity contribution in [2.45, 2.75) is 5.41 Å². The van der Waals surface area contributed by atoms with Crippen LogP contribution in [-0.4, -0.2) is 15.0 Å². The van der Waals surface area contributed by atoms with Crippen molar-refractivity contribution >= 4 is 21.5 Å². The van der Waals surface area contributed by atoms with Gasteiger partial charge in [0, 0.05) is 27.8 Å². The summed E-state index contributed by atoms with van der Waals surface area (Å²) in [6.07, 6.45) is 0. The molecule has 2 aliphatic rings. The molecule has 4 heteroatoms. The molecule has 1 aliphatic carbocycles. The smallest absolute Gasteiger partial charge is 0.164 e. The van der Waals surface area contributed by atoms with E-state index in [2.05, 4.69) is 200 Å². The predicted molar refractivity (Wildman–Crippen MR) is 259 cm³/mol. The van der Waals surface area contributed by atoms with Crippen LogP contribution >= 0.6 is 0 Å². The van der Waals surface area contributed by atoms with E-state index in [1.54, 1.807) is 0 Å². The fourth-order valence-electron chi connectivity index (χ4n) is 10.3. The van der Waals surface area contributed by atoms with Crippen LogP contribution in [0.2, 0.25) is 0 Å². The van der Waals surface area contributed by atoms with Crippen LogP contribution in [-0.2, 0) is 5.41 Å². The largest absolute Gasteiger partial charge is 0.457 e. The van der Waals surface area contributed by atoms with Crippen molar-refractivity contribution in [2.75, 3.05) is 0 Å². The number of hydrogen-bond donors (Lipinski definition) is 0. The van der Waals surface area contributed by atoms with E-state index in [0.717, 1.165) is 72.7 Å². The molecule has 0 radical (unpaired) electrons. The fraction of sp³-hybridized carbons (Fsp3) is 0.0167. The lowest BCUT2D eigenvalue weighted by Gasteiger charge is -2.39. The number of nitrogens with zero attached hydrogens (tertiary/aromatic N) is 3. The summed E-state index contributed by atoms with van der Waals surface area (Å²) in [4.78, 5) is 15.9. The number of para-hydroxylation sites is 2. The first-order valence-electron chi connectivity index (χ1n) is 21.8. The van der Waals surface area contributed by atoms with Crippen LogP contribution in [0.3, 0.4) is 0 Å². The average Bonchev–Trinajstić information content (AvgIpc) is 3.66. The Labute approximate surface area is 370 Å². The minimum Gasteiger partial charge on any atom is -0.457 e. The van der Waals surface area contributed by atoms with Gasteiger partial charge in [-0.25, -0.2) is 15.0 Å². The topological polar surface area (TPSA) is 47.9 Å². The lowest BCUT2D eigenvalue weighted by Crippen LogP contribution is -2.32. The normalized spacial score (nSPS) is 12.9. The molecule has 0 unspecified atom stereocenters. The predicted octanol–water partition coefficient (Wildman–Crippen LogP) is 15.0. The van der Waals surface area contributed by atoms with Crippen LogP contribution in [0, 0.1) is 0 Å². The van der Waals surface area contributed by atoms with E-state index in [1.807, 2.05) is 24.3 Å². The van der Waals surface area contributed by atoms with Gasteiger partial charge >= 0.3 is 0 Å². The molecule has 0 atom stereocenters. The number of ether oxygens (including phenoxy) is 1. The molecule has 298 valence electrons. The maximum absolute atomic E-state index is 6.72. The molecule has 0 N–H and O–H groups in total. The van der Waals surface area contributed by atoms with Gasteiger partial charge in [0.2, 0.25) is 0 Å². The Morgan fingerprint density at radius 1 is 0.297 bits per heavy atom. The molecule has 0 bridgehead atoms. The maximum Gasteiger partial charge on any atom is 0.164 e. The lowest BCUT2D eigenvalue weighted by atomic mass is 9.66. The zero-order valence-electron chi connectivity index (χ0n) is 34.6. The zero-order valence-corrected chi connectivity index (χ0v) is 34.6. The van der Waals surface area contributed by atoms with Crippen LogP contribution in [0.4, 0.5) is 0 Å². The second-order valence-corrected chi connectivity index (χ2v) is 16.7. The molecular formula is C60H37N3O. The maximum atomic E-state index is 6.72. The van der Waals surface area contributed by atoms with Gasteiger partial charge in [-0.15, -0.1) is 0 Å². The number of aromatic nitrogens is 3. The molecule has 11 aromatic rings. The number of rotatable bonds is 5. The highest BCUT2D eigenvalue weighted by atomic mass is 16.5. The third kappa shape index (κ3) is 5.52. The fourth-order valence-corrected chi connectivity index (χ4v) is 10.3. The van der Waals surface area contributed by atoms with Crippen molar-refractivity contribution in [2.24, 2.45) is 0 Å². The van der Waals surface area contributed by atoms with Crippen LogP contribution in [0.15, 0.2) is 224 Å². The van der Waals surface area contributed by atoms with Gasteiger partial charge in [0.25, 0.3) is 0 Å². The monoisotopic (exact) mass is 815 g/mol. The van der Waals surface area contributed by atoms with Crippen LogP contribution < -0.4 is 4.74 Å². The highest BCUT2D eigenvalue weighted by molar-refractivity contribution is 6.09. The molecule has 1 aromatic heterocycles. The third-order valence-electron chi connectivity index (χ3n) is 13.2. The van der Waals surface area contributed by atoms with Crippen molar-refractivity contribution in [3.8, 4) is 79.0 Å². The quantitative estimate of drug-likeness (QED) is 0.162. The Bertz CT molecular complexity index is 3610. The summed E-state index contributed by atoms with van der Waals surface area (Å²) in [5, 5.41) is 4.94. The van der Waals surface area contributed by atoms with Crippen LogP contribution in [0.25, 0.3) is 89.1 Å². The van der Waals surface area contributed by atoms with Crippen molar-refractivity contribution in [3.05, 3.63) is 247 Å². The van der Waals surface area contributed by atoms with Crippen molar-refractivity contribution in [3.63, 3.8) is 0 Å². The Balaban J connectivity index is 1.09. The van der Waals surface area contributed by atoms with E-state index >= 15 is 0 Å².